The molecule has 93 valence electrons. The van der Waals surface area contributed by atoms with Gasteiger partial charge in [0.05, 0.1) is 20.3 Å². The van der Waals surface area contributed by atoms with E-state index in [0.29, 0.717) is 21.9 Å². The summed E-state index contributed by atoms with van der Waals surface area (Å²) in [6, 6.07) is 10.1. The topological polar surface area (TPSA) is 44.2 Å². The highest BCUT2D eigenvalue weighted by atomic mass is 35.5. The maximum Gasteiger partial charge on any atom is 0.220 e. The highest BCUT2D eigenvalue weighted by Crippen LogP contribution is 2.29. The first-order valence-corrected chi connectivity index (χ1v) is 6.23. The van der Waals surface area contributed by atoms with Crippen LogP contribution >= 0.6 is 23.4 Å². The van der Waals surface area contributed by atoms with Gasteiger partial charge in [-0.1, -0.05) is 17.7 Å². The second-order valence-electron chi connectivity index (χ2n) is 3.20. The van der Waals surface area contributed by atoms with Gasteiger partial charge >= 0.3 is 0 Å². The van der Waals surface area contributed by atoms with Gasteiger partial charge in [-0.3, -0.25) is 0 Å². The van der Waals surface area contributed by atoms with Gasteiger partial charge in [-0.15, -0.1) is 0 Å². The standard InChI is InChI=1S/C12H10ClN2O2S/c1-16-10-7-11(17-2)15-12(14-10)18-9-5-3-4-8(13)6-9/h3-5,7H,1-2H3. The van der Waals surface area contributed by atoms with Gasteiger partial charge in [0, 0.05) is 16.0 Å². The molecule has 1 aromatic heterocycles. The molecule has 0 saturated carbocycles. The monoisotopic (exact) mass is 281 g/mol. The van der Waals surface area contributed by atoms with Crippen LogP contribution in [-0.2, 0) is 0 Å². The number of ether oxygens (including phenoxy) is 2. The SMILES string of the molecule is COc1cc(OC)nc(Sc2[c]c(Cl)ccc2)n1. The van der Waals surface area contributed by atoms with E-state index in [4.69, 9.17) is 21.1 Å². The van der Waals surface area contributed by atoms with E-state index in [1.165, 1.54) is 11.8 Å². The van der Waals surface area contributed by atoms with Crippen LogP contribution < -0.4 is 9.47 Å². The van der Waals surface area contributed by atoms with E-state index in [9.17, 15) is 0 Å². The Balaban J connectivity index is 2.28. The van der Waals surface area contributed by atoms with E-state index in [2.05, 4.69) is 16.0 Å². The van der Waals surface area contributed by atoms with Gasteiger partial charge in [-0.05, 0) is 23.9 Å². The van der Waals surface area contributed by atoms with Crippen LogP contribution in [0.4, 0.5) is 0 Å². The average molecular weight is 282 g/mol. The summed E-state index contributed by atoms with van der Waals surface area (Å²) in [5, 5.41) is 1.07. The zero-order valence-corrected chi connectivity index (χ0v) is 11.4. The van der Waals surface area contributed by atoms with Crippen LogP contribution in [0.3, 0.4) is 0 Å². The third-order valence-corrected chi connectivity index (χ3v) is 3.05. The van der Waals surface area contributed by atoms with Gasteiger partial charge < -0.3 is 9.47 Å². The predicted octanol–water partition coefficient (Wildman–Crippen LogP) is 3.10. The molecule has 1 aromatic carbocycles. The molecule has 18 heavy (non-hydrogen) atoms. The number of hydrogen-bond donors (Lipinski definition) is 0. The molecule has 0 aliphatic carbocycles. The molecule has 1 radical (unpaired) electrons. The van der Waals surface area contributed by atoms with E-state index < -0.39 is 0 Å². The van der Waals surface area contributed by atoms with Crippen molar-refractivity contribution in [1.82, 2.24) is 9.97 Å². The van der Waals surface area contributed by atoms with Crippen molar-refractivity contribution < 1.29 is 9.47 Å². The fraction of sp³-hybridized carbons (Fsp3) is 0.167. The highest BCUT2D eigenvalue weighted by Gasteiger charge is 2.07. The highest BCUT2D eigenvalue weighted by molar-refractivity contribution is 7.99. The van der Waals surface area contributed by atoms with Crippen molar-refractivity contribution in [3.05, 3.63) is 35.4 Å². The molecule has 4 nitrogen and oxygen atoms in total. The maximum absolute atomic E-state index is 5.87. The van der Waals surface area contributed by atoms with Crippen molar-refractivity contribution in [2.75, 3.05) is 14.2 Å². The van der Waals surface area contributed by atoms with Gasteiger partial charge in [0.25, 0.3) is 0 Å². The van der Waals surface area contributed by atoms with Crippen molar-refractivity contribution in [3.8, 4) is 11.8 Å². The lowest BCUT2D eigenvalue weighted by atomic mass is 10.4. The number of benzene rings is 1. The van der Waals surface area contributed by atoms with E-state index in [1.54, 1.807) is 26.4 Å². The summed E-state index contributed by atoms with van der Waals surface area (Å²) in [5.74, 6) is 0.901. The molecular weight excluding hydrogens is 272 g/mol. The quantitative estimate of drug-likeness (QED) is 0.806. The third-order valence-electron chi connectivity index (χ3n) is 2.01. The van der Waals surface area contributed by atoms with Gasteiger partial charge in [0.15, 0.2) is 5.16 Å². The molecule has 1 heterocycles. The second kappa shape index (κ2) is 5.93. The molecule has 0 N–H and O–H groups in total. The lowest BCUT2D eigenvalue weighted by Gasteiger charge is -2.05. The number of halogens is 1. The summed E-state index contributed by atoms with van der Waals surface area (Å²) >= 11 is 7.21. The predicted molar refractivity (Wildman–Crippen MR) is 69.5 cm³/mol. The number of rotatable bonds is 4. The Morgan fingerprint density at radius 3 is 2.39 bits per heavy atom. The van der Waals surface area contributed by atoms with E-state index in [0.717, 1.165) is 4.90 Å². The van der Waals surface area contributed by atoms with E-state index >= 15 is 0 Å². The first kappa shape index (κ1) is 13.0. The molecule has 0 spiro atoms. The zero-order chi connectivity index (χ0) is 13.0. The minimum atomic E-state index is 0.450. The molecule has 0 aliphatic heterocycles. The lowest BCUT2D eigenvalue weighted by Crippen LogP contribution is -1.95. The van der Waals surface area contributed by atoms with Gasteiger partial charge in [-0.2, -0.15) is 9.97 Å². The Bertz CT molecular complexity index is 529. The van der Waals surface area contributed by atoms with Gasteiger partial charge in [-0.25, -0.2) is 0 Å². The van der Waals surface area contributed by atoms with E-state index in [-0.39, 0.29) is 0 Å². The number of hydrogen-bond acceptors (Lipinski definition) is 5. The van der Waals surface area contributed by atoms with Crippen LogP contribution in [0.2, 0.25) is 5.02 Å². The minimum Gasteiger partial charge on any atom is -0.481 e. The lowest BCUT2D eigenvalue weighted by molar-refractivity contribution is 0.364. The summed E-state index contributed by atoms with van der Waals surface area (Å²) in [7, 11) is 3.09. The molecule has 0 saturated heterocycles. The molecule has 0 atom stereocenters. The molecule has 2 aromatic rings. The van der Waals surface area contributed by atoms with Gasteiger partial charge in [0.1, 0.15) is 0 Å². The van der Waals surface area contributed by atoms with Crippen LogP contribution in [0.25, 0.3) is 0 Å². The minimum absolute atomic E-state index is 0.450. The fourth-order valence-corrected chi connectivity index (χ4v) is 2.22. The third kappa shape index (κ3) is 3.27. The molecule has 0 aliphatic rings. The van der Waals surface area contributed by atoms with Crippen LogP contribution in [0.15, 0.2) is 34.3 Å². The Kier molecular flexibility index (Phi) is 4.28. The molecule has 0 amide bonds. The first-order chi connectivity index (χ1) is 8.71. The summed E-state index contributed by atoms with van der Waals surface area (Å²) < 4.78 is 10.2. The van der Waals surface area contributed by atoms with Crippen LogP contribution in [0.5, 0.6) is 11.8 Å². The van der Waals surface area contributed by atoms with Crippen LogP contribution in [0, 0.1) is 6.07 Å². The van der Waals surface area contributed by atoms with Crippen LogP contribution in [0.1, 0.15) is 0 Å². The largest absolute Gasteiger partial charge is 0.481 e. The molecular formula is C12H10ClN2O2S. The van der Waals surface area contributed by atoms with Crippen molar-refractivity contribution in [2.45, 2.75) is 10.1 Å². The average Bonchev–Trinajstić information content (AvgIpc) is 2.38. The number of aromatic nitrogens is 2. The molecule has 0 unspecified atom stereocenters. The van der Waals surface area contributed by atoms with Gasteiger partial charge in [0.2, 0.25) is 11.8 Å². The maximum atomic E-state index is 5.87. The molecule has 6 heteroatoms. The Hall–Kier alpha value is -1.46. The first-order valence-electron chi connectivity index (χ1n) is 5.04. The van der Waals surface area contributed by atoms with Crippen molar-refractivity contribution >= 4 is 23.4 Å². The van der Waals surface area contributed by atoms with Crippen molar-refractivity contribution in [3.63, 3.8) is 0 Å². The Labute approximate surface area is 114 Å². The second-order valence-corrected chi connectivity index (χ2v) is 4.62. The van der Waals surface area contributed by atoms with Crippen molar-refractivity contribution in [2.24, 2.45) is 0 Å². The normalized spacial score (nSPS) is 10.2. The summed E-state index contributed by atoms with van der Waals surface area (Å²) in [6.45, 7) is 0. The number of methoxy groups -OCH3 is 2. The molecule has 0 fully saturated rings. The van der Waals surface area contributed by atoms with Crippen LogP contribution in [-0.4, -0.2) is 24.2 Å². The fourth-order valence-electron chi connectivity index (χ4n) is 1.22. The smallest absolute Gasteiger partial charge is 0.220 e. The molecule has 0 bridgehead atoms. The molecule has 2 rings (SSSR count). The summed E-state index contributed by atoms with van der Waals surface area (Å²) in [6.07, 6.45) is 0. The van der Waals surface area contributed by atoms with Crippen molar-refractivity contribution in [1.29, 1.82) is 0 Å². The summed E-state index contributed by atoms with van der Waals surface area (Å²) in [5.41, 5.74) is 0. The Morgan fingerprint density at radius 2 is 1.83 bits per heavy atom. The Morgan fingerprint density at radius 1 is 1.17 bits per heavy atom. The van der Waals surface area contributed by atoms with E-state index in [1.807, 2.05) is 12.1 Å². The number of nitrogens with zero attached hydrogens (tertiary/aromatic N) is 2. The summed E-state index contributed by atoms with van der Waals surface area (Å²) in [4.78, 5) is 9.25. The zero-order valence-electron chi connectivity index (χ0n) is 9.81.